The molecule has 1 aromatic rings. The molecule has 0 heterocycles. The topological polar surface area (TPSA) is 46.2 Å². The summed E-state index contributed by atoms with van der Waals surface area (Å²) in [7, 11) is -3.47. The Balaban J connectivity index is 2.07. The lowest BCUT2D eigenvalue weighted by atomic mass is 9.83. The van der Waals surface area contributed by atoms with Crippen molar-refractivity contribution in [3.63, 3.8) is 0 Å². The molecule has 0 radical (unpaired) electrons. The fourth-order valence-electron chi connectivity index (χ4n) is 2.67. The number of hydrogen-bond acceptors (Lipinski definition) is 2. The predicted molar refractivity (Wildman–Crippen MR) is 92.9 cm³/mol. The van der Waals surface area contributed by atoms with Gasteiger partial charge in [0, 0.05) is 15.5 Å². The molecule has 6 heteroatoms. The van der Waals surface area contributed by atoms with E-state index in [0.29, 0.717) is 21.8 Å². The van der Waals surface area contributed by atoms with Gasteiger partial charge in [-0.3, -0.25) is 0 Å². The molecule has 0 unspecified atom stereocenters. The maximum atomic E-state index is 12.5. The summed E-state index contributed by atoms with van der Waals surface area (Å²) >= 11 is 6.74. The molecular formula is C15H21Br2NO2S. The first kappa shape index (κ1) is 17.4. The lowest BCUT2D eigenvalue weighted by molar-refractivity contribution is 0.290. The molecule has 1 aliphatic carbocycles. The number of benzene rings is 1. The molecular weight excluding hydrogens is 418 g/mol. The van der Waals surface area contributed by atoms with Crippen molar-refractivity contribution in [1.82, 2.24) is 4.72 Å². The van der Waals surface area contributed by atoms with E-state index in [1.54, 1.807) is 6.07 Å². The third kappa shape index (κ3) is 4.53. The third-order valence-electron chi connectivity index (χ3n) is 4.20. The fraction of sp³-hybridized carbons (Fsp3) is 0.600. The van der Waals surface area contributed by atoms with Crippen molar-refractivity contribution in [3.05, 3.63) is 26.6 Å². The van der Waals surface area contributed by atoms with Crippen LogP contribution in [0.2, 0.25) is 0 Å². The number of rotatable bonds is 4. The molecule has 0 saturated heterocycles. The first-order valence-corrected chi connectivity index (χ1v) is 10.3. The zero-order valence-electron chi connectivity index (χ0n) is 12.3. The van der Waals surface area contributed by atoms with Crippen molar-refractivity contribution >= 4 is 41.9 Å². The maximum Gasteiger partial charge on any atom is 0.241 e. The Labute approximate surface area is 144 Å². The summed E-state index contributed by atoms with van der Waals surface area (Å²) in [5, 5.41) is 0. The quantitative estimate of drug-likeness (QED) is 0.744. The average molecular weight is 439 g/mol. The molecule has 2 rings (SSSR count). The van der Waals surface area contributed by atoms with Gasteiger partial charge in [-0.15, -0.1) is 0 Å². The number of aryl methyl sites for hydroxylation is 1. The second-order valence-electron chi connectivity index (χ2n) is 6.01. The predicted octanol–water partition coefficient (Wildman–Crippen LogP) is 4.62. The Morgan fingerprint density at radius 1 is 1.14 bits per heavy atom. The van der Waals surface area contributed by atoms with Crippen LogP contribution < -0.4 is 4.72 Å². The molecule has 1 saturated carbocycles. The van der Waals surface area contributed by atoms with Crippen LogP contribution in [0.15, 0.2) is 26.0 Å². The van der Waals surface area contributed by atoms with E-state index in [-0.39, 0.29) is 0 Å². The first-order valence-electron chi connectivity index (χ1n) is 7.25. The Morgan fingerprint density at radius 3 is 2.38 bits per heavy atom. The minimum atomic E-state index is -3.47. The average Bonchev–Trinajstić information content (AvgIpc) is 2.42. The van der Waals surface area contributed by atoms with E-state index in [1.165, 1.54) is 12.8 Å². The van der Waals surface area contributed by atoms with Gasteiger partial charge in [0.25, 0.3) is 0 Å². The molecule has 0 aliphatic heterocycles. The molecule has 3 nitrogen and oxygen atoms in total. The van der Waals surface area contributed by atoms with E-state index < -0.39 is 10.0 Å². The van der Waals surface area contributed by atoms with Gasteiger partial charge in [0.1, 0.15) is 0 Å². The van der Waals surface area contributed by atoms with E-state index in [2.05, 4.69) is 43.5 Å². The van der Waals surface area contributed by atoms with Gasteiger partial charge >= 0.3 is 0 Å². The number of nitrogens with one attached hydrogen (secondary N) is 1. The highest BCUT2D eigenvalue weighted by atomic mass is 79.9. The minimum Gasteiger partial charge on any atom is -0.211 e. The zero-order valence-corrected chi connectivity index (χ0v) is 16.3. The third-order valence-corrected chi connectivity index (χ3v) is 7.44. The summed E-state index contributed by atoms with van der Waals surface area (Å²) < 4.78 is 29.1. The maximum absolute atomic E-state index is 12.5. The lowest BCUT2D eigenvalue weighted by Gasteiger charge is -2.26. The Morgan fingerprint density at radius 2 is 1.76 bits per heavy atom. The molecule has 118 valence electrons. The van der Waals surface area contributed by atoms with Crippen LogP contribution in [-0.2, 0) is 10.0 Å². The van der Waals surface area contributed by atoms with Gasteiger partial charge in [-0.1, -0.05) is 35.7 Å². The highest BCUT2D eigenvalue weighted by molar-refractivity contribution is 9.11. The van der Waals surface area contributed by atoms with Crippen LogP contribution in [0.5, 0.6) is 0 Å². The number of halogens is 2. The fourth-order valence-corrected chi connectivity index (χ4v) is 5.46. The smallest absolute Gasteiger partial charge is 0.211 e. The normalized spacial score (nSPS) is 23.2. The van der Waals surface area contributed by atoms with Gasteiger partial charge in [0.2, 0.25) is 10.0 Å². The summed E-state index contributed by atoms with van der Waals surface area (Å²) in [4.78, 5) is 0.296. The monoisotopic (exact) mass is 437 g/mol. The van der Waals surface area contributed by atoms with Crippen molar-refractivity contribution in [2.24, 2.45) is 11.8 Å². The van der Waals surface area contributed by atoms with Crippen LogP contribution in [0.4, 0.5) is 0 Å². The van der Waals surface area contributed by atoms with Gasteiger partial charge in [-0.05, 0) is 65.2 Å². The van der Waals surface area contributed by atoms with Gasteiger partial charge in [-0.2, -0.15) is 0 Å². The van der Waals surface area contributed by atoms with E-state index >= 15 is 0 Å². The summed E-state index contributed by atoms with van der Waals surface area (Å²) in [6.07, 6.45) is 4.63. The largest absolute Gasteiger partial charge is 0.241 e. The van der Waals surface area contributed by atoms with Crippen molar-refractivity contribution < 1.29 is 8.42 Å². The van der Waals surface area contributed by atoms with Crippen molar-refractivity contribution in [2.75, 3.05) is 6.54 Å². The van der Waals surface area contributed by atoms with Crippen LogP contribution in [-0.4, -0.2) is 15.0 Å². The second-order valence-corrected chi connectivity index (χ2v) is 9.45. The van der Waals surface area contributed by atoms with Crippen LogP contribution in [0, 0.1) is 18.8 Å². The Bertz CT molecular complexity index is 608. The van der Waals surface area contributed by atoms with Crippen molar-refractivity contribution in [2.45, 2.75) is 44.4 Å². The molecule has 1 N–H and O–H groups in total. The van der Waals surface area contributed by atoms with Crippen LogP contribution in [0.3, 0.4) is 0 Å². The Hall–Kier alpha value is 0.0900. The molecule has 0 atom stereocenters. The van der Waals surface area contributed by atoms with Gasteiger partial charge in [0.05, 0.1) is 4.90 Å². The van der Waals surface area contributed by atoms with E-state index in [1.807, 2.05) is 13.0 Å². The first-order chi connectivity index (χ1) is 9.79. The number of hydrogen-bond donors (Lipinski definition) is 1. The zero-order chi connectivity index (χ0) is 15.6. The van der Waals surface area contributed by atoms with Gasteiger partial charge in [-0.25, -0.2) is 13.1 Å². The number of sulfonamides is 1. The molecule has 1 aliphatic rings. The lowest BCUT2D eigenvalue weighted by Crippen LogP contribution is -2.31. The SMILES string of the molecule is Cc1cc(Br)c(S(=O)(=O)NCC2CCC(C)CC2)cc1Br. The van der Waals surface area contributed by atoms with Crippen molar-refractivity contribution in [3.8, 4) is 0 Å². The summed E-state index contributed by atoms with van der Waals surface area (Å²) in [5.74, 6) is 1.24. The Kier molecular flexibility index (Phi) is 5.91. The molecule has 21 heavy (non-hydrogen) atoms. The van der Waals surface area contributed by atoms with Gasteiger partial charge < -0.3 is 0 Å². The summed E-state index contributed by atoms with van der Waals surface area (Å²) in [6.45, 7) is 4.73. The summed E-state index contributed by atoms with van der Waals surface area (Å²) in [5.41, 5.74) is 1.00. The van der Waals surface area contributed by atoms with Crippen molar-refractivity contribution in [1.29, 1.82) is 0 Å². The summed E-state index contributed by atoms with van der Waals surface area (Å²) in [6, 6.07) is 3.48. The van der Waals surface area contributed by atoms with E-state index in [4.69, 9.17) is 0 Å². The van der Waals surface area contributed by atoms with Crippen LogP contribution >= 0.6 is 31.9 Å². The van der Waals surface area contributed by atoms with E-state index in [9.17, 15) is 8.42 Å². The molecule has 1 fully saturated rings. The van der Waals surface area contributed by atoms with Crippen LogP contribution in [0.1, 0.15) is 38.2 Å². The molecule has 0 aromatic heterocycles. The molecule has 0 bridgehead atoms. The molecule has 0 amide bonds. The minimum absolute atomic E-state index is 0.296. The molecule has 1 aromatic carbocycles. The highest BCUT2D eigenvalue weighted by Gasteiger charge is 2.23. The van der Waals surface area contributed by atoms with Gasteiger partial charge in [0.15, 0.2) is 0 Å². The second kappa shape index (κ2) is 7.11. The highest BCUT2D eigenvalue weighted by Crippen LogP contribution is 2.30. The van der Waals surface area contributed by atoms with Crippen LogP contribution in [0.25, 0.3) is 0 Å². The molecule has 0 spiro atoms. The standard InChI is InChI=1S/C15H21Br2NO2S/c1-10-3-5-12(6-4-10)9-18-21(19,20)15-8-13(16)11(2)7-14(15)17/h7-8,10,12,18H,3-6,9H2,1-2H3. The van der Waals surface area contributed by atoms with E-state index in [0.717, 1.165) is 28.8 Å².